The maximum atomic E-state index is 9.80. The van der Waals surface area contributed by atoms with Gasteiger partial charge in [-0.1, -0.05) is 13.0 Å². The molecule has 2 saturated carbocycles. The van der Waals surface area contributed by atoms with E-state index < -0.39 is 0 Å². The van der Waals surface area contributed by atoms with Crippen LogP contribution in [0.2, 0.25) is 0 Å². The van der Waals surface area contributed by atoms with Crippen molar-refractivity contribution >= 4 is 0 Å². The van der Waals surface area contributed by atoms with E-state index in [9.17, 15) is 5.11 Å². The van der Waals surface area contributed by atoms with E-state index in [1.165, 1.54) is 43.2 Å². The number of hydrogen-bond acceptors (Lipinski definition) is 2. The van der Waals surface area contributed by atoms with Gasteiger partial charge >= 0.3 is 0 Å². The zero-order chi connectivity index (χ0) is 17.1. The first-order chi connectivity index (χ1) is 11.3. The summed E-state index contributed by atoms with van der Waals surface area (Å²) in [5.41, 5.74) is 3.21. The van der Waals surface area contributed by atoms with Crippen molar-refractivity contribution in [2.24, 2.45) is 17.3 Å². The van der Waals surface area contributed by atoms with Crippen LogP contribution in [0.3, 0.4) is 0 Å². The van der Waals surface area contributed by atoms with Gasteiger partial charge in [-0.2, -0.15) is 0 Å². The molecule has 5 atom stereocenters. The monoisotopic (exact) mass is 328 g/mol. The lowest BCUT2D eigenvalue weighted by Crippen LogP contribution is -2.46. The van der Waals surface area contributed by atoms with Crippen LogP contribution >= 0.6 is 0 Å². The molecule has 2 nitrogen and oxygen atoms in total. The van der Waals surface area contributed by atoms with E-state index in [4.69, 9.17) is 4.74 Å². The quantitative estimate of drug-likeness (QED) is 0.744. The molecule has 4 rings (SSSR count). The second-order valence-corrected chi connectivity index (χ2v) is 9.64. The Morgan fingerprint density at radius 1 is 1.12 bits per heavy atom. The van der Waals surface area contributed by atoms with Crippen molar-refractivity contribution in [3.05, 3.63) is 29.3 Å². The largest absolute Gasteiger partial charge is 0.508 e. The van der Waals surface area contributed by atoms with E-state index >= 15 is 0 Å². The van der Waals surface area contributed by atoms with E-state index in [1.54, 1.807) is 0 Å². The minimum absolute atomic E-state index is 0.0455. The Labute approximate surface area is 146 Å². The number of phenolic OH excluding ortho intramolecular Hbond substituents is 1. The van der Waals surface area contributed by atoms with Crippen LogP contribution in [0.4, 0.5) is 0 Å². The number of phenols is 1. The summed E-state index contributed by atoms with van der Waals surface area (Å²) in [6, 6.07) is 6.08. The molecule has 3 aliphatic carbocycles. The van der Waals surface area contributed by atoms with E-state index in [-0.39, 0.29) is 5.60 Å². The van der Waals surface area contributed by atoms with Gasteiger partial charge in [0.15, 0.2) is 0 Å². The van der Waals surface area contributed by atoms with E-state index in [0.29, 0.717) is 23.2 Å². The van der Waals surface area contributed by atoms with Crippen molar-refractivity contribution in [2.75, 3.05) is 0 Å². The van der Waals surface area contributed by atoms with Crippen LogP contribution in [-0.2, 0) is 11.2 Å². The Morgan fingerprint density at radius 3 is 2.67 bits per heavy atom. The molecule has 0 aromatic heterocycles. The summed E-state index contributed by atoms with van der Waals surface area (Å²) in [5.74, 6) is 2.72. The Kier molecular flexibility index (Phi) is 3.76. The summed E-state index contributed by atoms with van der Waals surface area (Å²) in [4.78, 5) is 0. The predicted molar refractivity (Wildman–Crippen MR) is 97.3 cm³/mol. The first-order valence-electron chi connectivity index (χ1n) is 9.77. The minimum Gasteiger partial charge on any atom is -0.508 e. The fourth-order valence-electron chi connectivity index (χ4n) is 6.14. The van der Waals surface area contributed by atoms with Crippen molar-refractivity contribution in [1.29, 1.82) is 0 Å². The highest BCUT2D eigenvalue weighted by Gasteiger charge is 2.55. The predicted octanol–water partition coefficient (Wildman–Crippen LogP) is 5.43. The standard InChI is InChI=1S/C22H32O2/c1-21(2,3)24-20-10-9-19-18-7-5-14-13-15(23)6-8-16(14)17(18)11-12-22(19,20)4/h6,8,13,17-20,23H,5,7,9-12H2,1-4H3/t17-,18-,19+,20+,22+/m1/s1. The maximum absolute atomic E-state index is 9.80. The second-order valence-electron chi connectivity index (χ2n) is 9.64. The van der Waals surface area contributed by atoms with Gasteiger partial charge in [-0.3, -0.25) is 0 Å². The van der Waals surface area contributed by atoms with Gasteiger partial charge in [-0.05, 0) is 106 Å². The molecule has 0 bridgehead atoms. The smallest absolute Gasteiger partial charge is 0.115 e. The minimum atomic E-state index is -0.0455. The van der Waals surface area contributed by atoms with Gasteiger partial charge in [-0.25, -0.2) is 0 Å². The van der Waals surface area contributed by atoms with Gasteiger partial charge in [-0.15, -0.1) is 0 Å². The van der Waals surface area contributed by atoms with Crippen LogP contribution < -0.4 is 0 Å². The molecule has 0 spiro atoms. The number of rotatable bonds is 1. The molecule has 1 aromatic rings. The molecule has 0 heterocycles. The maximum Gasteiger partial charge on any atom is 0.115 e. The molecule has 132 valence electrons. The molecule has 1 N–H and O–H groups in total. The Hall–Kier alpha value is -1.02. The highest BCUT2D eigenvalue weighted by atomic mass is 16.5. The van der Waals surface area contributed by atoms with E-state index in [2.05, 4.69) is 33.8 Å². The summed E-state index contributed by atoms with van der Waals surface area (Å²) < 4.78 is 6.50. The lowest BCUT2D eigenvalue weighted by molar-refractivity contribution is -0.125. The fourth-order valence-corrected chi connectivity index (χ4v) is 6.14. The van der Waals surface area contributed by atoms with Crippen molar-refractivity contribution in [1.82, 2.24) is 0 Å². The molecule has 0 radical (unpaired) electrons. The van der Waals surface area contributed by atoms with Crippen molar-refractivity contribution < 1.29 is 9.84 Å². The van der Waals surface area contributed by atoms with Gasteiger partial charge in [0.1, 0.15) is 5.75 Å². The topological polar surface area (TPSA) is 29.5 Å². The highest BCUT2D eigenvalue weighted by Crippen LogP contribution is 2.61. The van der Waals surface area contributed by atoms with Gasteiger partial charge in [0.05, 0.1) is 11.7 Å². The molecular formula is C22H32O2. The summed E-state index contributed by atoms with van der Waals surface area (Å²) in [7, 11) is 0. The summed E-state index contributed by atoms with van der Waals surface area (Å²) in [5, 5.41) is 9.80. The fraction of sp³-hybridized carbons (Fsp3) is 0.727. The van der Waals surface area contributed by atoms with Crippen LogP contribution in [-0.4, -0.2) is 16.8 Å². The van der Waals surface area contributed by atoms with Gasteiger partial charge < -0.3 is 9.84 Å². The highest BCUT2D eigenvalue weighted by molar-refractivity contribution is 5.40. The summed E-state index contributed by atoms with van der Waals surface area (Å²) >= 11 is 0. The lowest BCUT2D eigenvalue weighted by Gasteiger charge is -2.51. The number of aryl methyl sites for hydroxylation is 1. The molecule has 2 fully saturated rings. The zero-order valence-electron chi connectivity index (χ0n) is 15.6. The number of aromatic hydroxyl groups is 1. The normalized spacial score (nSPS) is 38.3. The van der Waals surface area contributed by atoms with Gasteiger partial charge in [0.25, 0.3) is 0 Å². The Bertz CT molecular complexity index is 629. The third kappa shape index (κ3) is 2.58. The Balaban J connectivity index is 1.61. The Morgan fingerprint density at radius 2 is 1.92 bits per heavy atom. The van der Waals surface area contributed by atoms with Crippen LogP contribution in [0, 0.1) is 17.3 Å². The van der Waals surface area contributed by atoms with Crippen molar-refractivity contribution in [2.45, 2.75) is 83.8 Å². The van der Waals surface area contributed by atoms with Crippen LogP contribution in [0.1, 0.15) is 76.8 Å². The summed E-state index contributed by atoms with van der Waals surface area (Å²) in [6.45, 7) is 9.08. The molecule has 1 aromatic carbocycles. The average molecular weight is 328 g/mol. The number of hydrogen-bond donors (Lipinski definition) is 1. The van der Waals surface area contributed by atoms with E-state index in [1.807, 2.05) is 12.1 Å². The molecule has 0 saturated heterocycles. The lowest BCUT2D eigenvalue weighted by atomic mass is 9.55. The third-order valence-electron chi connectivity index (χ3n) is 7.12. The van der Waals surface area contributed by atoms with Gasteiger partial charge in [0.2, 0.25) is 0 Å². The SMILES string of the molecule is CC(C)(C)O[C@H]1CC[C@H]2[C@@H]3CCc4cc(O)ccc4[C@H]3CC[C@]12C. The van der Waals surface area contributed by atoms with Crippen LogP contribution in [0.25, 0.3) is 0 Å². The second kappa shape index (κ2) is 5.49. The molecule has 2 heteroatoms. The first kappa shape index (κ1) is 16.4. The molecule has 24 heavy (non-hydrogen) atoms. The number of ether oxygens (including phenoxy) is 1. The summed E-state index contributed by atoms with van der Waals surface area (Å²) in [6.07, 6.45) is 7.94. The van der Waals surface area contributed by atoms with Gasteiger partial charge in [0, 0.05) is 0 Å². The molecule has 3 aliphatic rings. The number of benzene rings is 1. The average Bonchev–Trinajstić information content (AvgIpc) is 2.82. The molecule has 0 amide bonds. The molecule has 0 unspecified atom stereocenters. The van der Waals surface area contributed by atoms with Crippen molar-refractivity contribution in [3.63, 3.8) is 0 Å². The third-order valence-corrected chi connectivity index (χ3v) is 7.12. The molecular weight excluding hydrogens is 296 g/mol. The van der Waals surface area contributed by atoms with Crippen molar-refractivity contribution in [3.8, 4) is 5.75 Å². The van der Waals surface area contributed by atoms with Crippen LogP contribution in [0.15, 0.2) is 18.2 Å². The van der Waals surface area contributed by atoms with Crippen LogP contribution in [0.5, 0.6) is 5.75 Å². The first-order valence-corrected chi connectivity index (χ1v) is 9.77. The number of fused-ring (bicyclic) bond motifs is 5. The zero-order valence-corrected chi connectivity index (χ0v) is 15.6. The van der Waals surface area contributed by atoms with E-state index in [0.717, 1.165) is 18.3 Å². The molecule has 0 aliphatic heterocycles.